The van der Waals surface area contributed by atoms with Gasteiger partial charge in [0.2, 0.25) is 0 Å². The van der Waals surface area contributed by atoms with E-state index in [0.717, 1.165) is 12.8 Å². The van der Waals surface area contributed by atoms with Gasteiger partial charge in [0.1, 0.15) is 0 Å². The third-order valence-electron chi connectivity index (χ3n) is 5.23. The monoisotopic (exact) mass is 271 g/mol. The second-order valence-corrected chi connectivity index (χ2v) is 5.62. The van der Waals surface area contributed by atoms with E-state index in [2.05, 4.69) is 20.8 Å². The SMILES string of the molecule is [2H][C@@]1([O-])C[C@@]2(C)CC[C@]1(C)C2(C)C.[Br-].[Mg+2]. The van der Waals surface area contributed by atoms with Crippen molar-refractivity contribution in [1.82, 2.24) is 0 Å². The summed E-state index contributed by atoms with van der Waals surface area (Å²) in [6, 6.07) is 0. The Hall–Kier alpha value is 1.21. The summed E-state index contributed by atoms with van der Waals surface area (Å²) in [5.41, 5.74) is -0.191. The minimum Gasteiger partial charge on any atom is -1.00 e. The van der Waals surface area contributed by atoms with Crippen molar-refractivity contribution in [2.45, 2.75) is 53.0 Å². The Labute approximate surface area is 115 Å². The van der Waals surface area contributed by atoms with Crippen molar-refractivity contribution in [3.05, 3.63) is 0 Å². The van der Waals surface area contributed by atoms with E-state index in [1.807, 2.05) is 6.92 Å². The largest absolute Gasteiger partial charge is 2.00 e. The molecule has 2 fully saturated rings. The van der Waals surface area contributed by atoms with Gasteiger partial charge in [-0.05, 0) is 29.1 Å². The summed E-state index contributed by atoms with van der Waals surface area (Å²) in [7, 11) is 0. The van der Waals surface area contributed by atoms with Crippen molar-refractivity contribution in [2.24, 2.45) is 16.2 Å². The van der Waals surface area contributed by atoms with Crippen LogP contribution < -0.4 is 22.1 Å². The maximum atomic E-state index is 12.1. The molecule has 0 aromatic carbocycles. The molecule has 0 aromatic rings. The molecule has 0 spiro atoms. The molecule has 0 radical (unpaired) electrons. The first-order chi connectivity index (χ1) is 5.66. The molecule has 2 bridgehead atoms. The van der Waals surface area contributed by atoms with Gasteiger partial charge in [-0.3, -0.25) is 0 Å². The molecule has 78 valence electrons. The summed E-state index contributed by atoms with van der Waals surface area (Å²) in [5, 5.41) is 12.1. The molecule has 2 aliphatic rings. The van der Waals surface area contributed by atoms with Crippen molar-refractivity contribution in [3.63, 3.8) is 0 Å². The fourth-order valence-electron chi connectivity index (χ4n) is 3.16. The summed E-state index contributed by atoms with van der Waals surface area (Å²) >= 11 is 0. The third kappa shape index (κ3) is 1.42. The Morgan fingerprint density at radius 3 is 1.86 bits per heavy atom. The summed E-state index contributed by atoms with van der Waals surface area (Å²) in [6.07, 6.45) is 1.13. The summed E-state index contributed by atoms with van der Waals surface area (Å²) in [6.45, 7) is 8.56. The predicted octanol–water partition coefficient (Wildman–Crippen LogP) is -1.43. The zero-order valence-electron chi connectivity index (χ0n) is 10.6. The minimum atomic E-state index is -1.45. The molecule has 0 amide bonds. The molecule has 0 aliphatic heterocycles. The Morgan fingerprint density at radius 2 is 1.71 bits per heavy atom. The average molecular weight is 272 g/mol. The van der Waals surface area contributed by atoms with Crippen LogP contribution >= 0.6 is 0 Å². The molecular weight excluding hydrogens is 252 g/mol. The van der Waals surface area contributed by atoms with Gasteiger partial charge in [0.25, 0.3) is 0 Å². The summed E-state index contributed by atoms with van der Waals surface area (Å²) in [4.78, 5) is 0. The van der Waals surface area contributed by atoms with Crippen LogP contribution in [0.1, 0.15) is 48.3 Å². The number of halogens is 1. The molecule has 0 aromatic heterocycles. The van der Waals surface area contributed by atoms with Crippen LogP contribution in [0.3, 0.4) is 0 Å². The quantitative estimate of drug-likeness (QED) is 0.496. The topological polar surface area (TPSA) is 23.1 Å². The Balaban J connectivity index is 0.000000980. The fourth-order valence-corrected chi connectivity index (χ4v) is 3.16. The molecule has 3 atom stereocenters. The van der Waals surface area contributed by atoms with Crippen molar-refractivity contribution in [1.29, 1.82) is 0 Å². The minimum absolute atomic E-state index is 0. The van der Waals surface area contributed by atoms with Gasteiger partial charge >= 0.3 is 23.1 Å². The van der Waals surface area contributed by atoms with Crippen molar-refractivity contribution in [2.75, 3.05) is 0 Å². The standard InChI is InChI=1S/C11H19O.BrH.Mg/c1-9(2)10(3)5-6-11(9,4)8(12)7-10;;/h8H,5-7H2,1-4H3;1H;/q-1;;+2/p-1/t8-,10-,11+;;/m1../s1/i8D;;. The molecule has 3 heteroatoms. The smallest absolute Gasteiger partial charge is 1.00 e. The molecule has 14 heavy (non-hydrogen) atoms. The van der Waals surface area contributed by atoms with Crippen LogP contribution in [0, 0.1) is 16.2 Å². The summed E-state index contributed by atoms with van der Waals surface area (Å²) in [5.74, 6) is 0. The van der Waals surface area contributed by atoms with Crippen LogP contribution in [0.2, 0.25) is 0 Å². The van der Waals surface area contributed by atoms with E-state index in [9.17, 15) is 5.11 Å². The Kier molecular flexibility index (Phi) is 3.70. The first-order valence-corrected chi connectivity index (χ1v) is 4.87. The third-order valence-corrected chi connectivity index (χ3v) is 5.23. The van der Waals surface area contributed by atoms with E-state index in [1.54, 1.807) is 0 Å². The maximum Gasteiger partial charge on any atom is 2.00 e. The second-order valence-electron chi connectivity index (χ2n) is 5.62. The Morgan fingerprint density at radius 1 is 1.21 bits per heavy atom. The van der Waals surface area contributed by atoms with E-state index in [0.29, 0.717) is 6.42 Å². The van der Waals surface area contributed by atoms with Gasteiger partial charge in [-0.1, -0.05) is 34.1 Å². The zero-order valence-corrected chi connectivity index (χ0v) is 12.6. The molecule has 0 unspecified atom stereocenters. The predicted molar refractivity (Wildman–Crippen MR) is 53.4 cm³/mol. The molecule has 1 nitrogen and oxygen atoms in total. The van der Waals surface area contributed by atoms with Gasteiger partial charge in [-0.2, -0.15) is 0 Å². The molecule has 2 aliphatic carbocycles. The van der Waals surface area contributed by atoms with Crippen LogP contribution in [0.15, 0.2) is 0 Å². The first-order valence-electron chi connectivity index (χ1n) is 5.37. The number of hydrogen-bond donors (Lipinski definition) is 0. The molecule has 0 heterocycles. The van der Waals surface area contributed by atoms with Crippen LogP contribution in [-0.4, -0.2) is 29.1 Å². The number of hydrogen-bond acceptors (Lipinski definition) is 1. The first kappa shape index (κ1) is 13.3. The Bertz CT molecular complexity index is 269. The summed E-state index contributed by atoms with van der Waals surface area (Å²) < 4.78 is 7.90. The van der Waals surface area contributed by atoms with Crippen LogP contribution in [0.4, 0.5) is 0 Å². The molecule has 0 saturated heterocycles. The van der Waals surface area contributed by atoms with Gasteiger partial charge in [0.15, 0.2) is 0 Å². The van der Waals surface area contributed by atoms with E-state index < -0.39 is 6.08 Å². The van der Waals surface area contributed by atoms with Gasteiger partial charge in [0, 0.05) is 1.37 Å². The normalized spacial score (nSPS) is 54.5. The van der Waals surface area contributed by atoms with E-state index in [-0.39, 0.29) is 56.3 Å². The van der Waals surface area contributed by atoms with Gasteiger partial charge in [-0.25, -0.2) is 0 Å². The van der Waals surface area contributed by atoms with Crippen LogP contribution in [0.25, 0.3) is 0 Å². The zero-order chi connectivity index (χ0) is 10.1. The van der Waals surface area contributed by atoms with Crippen LogP contribution in [-0.2, 0) is 0 Å². The molecular formula is C11H19BrMgO. The van der Waals surface area contributed by atoms with Gasteiger partial charge in [0.05, 0.1) is 0 Å². The molecule has 2 rings (SSSR count). The molecule has 0 N–H and O–H groups in total. The van der Waals surface area contributed by atoms with Gasteiger partial charge < -0.3 is 22.1 Å². The van der Waals surface area contributed by atoms with E-state index in [4.69, 9.17) is 1.37 Å². The maximum absolute atomic E-state index is 12.1. The van der Waals surface area contributed by atoms with Gasteiger partial charge in [-0.15, -0.1) is 6.08 Å². The number of rotatable bonds is 0. The van der Waals surface area contributed by atoms with E-state index >= 15 is 0 Å². The van der Waals surface area contributed by atoms with Crippen molar-refractivity contribution >= 4 is 23.1 Å². The fraction of sp³-hybridized carbons (Fsp3) is 1.00. The van der Waals surface area contributed by atoms with Crippen LogP contribution in [0.5, 0.6) is 0 Å². The van der Waals surface area contributed by atoms with Crippen molar-refractivity contribution in [3.8, 4) is 0 Å². The average Bonchev–Trinajstić information content (AvgIpc) is 2.15. The second kappa shape index (κ2) is 3.90. The molecule has 2 saturated carbocycles. The number of fused-ring (bicyclic) bond motifs is 2. The van der Waals surface area contributed by atoms with E-state index in [1.165, 1.54) is 0 Å². The van der Waals surface area contributed by atoms with Crippen molar-refractivity contribution < 1.29 is 23.5 Å².